The molecule has 0 N–H and O–H groups in total. The second-order valence-electron chi connectivity index (χ2n) is 2.37. The molecule has 60 valence electrons. The highest BCUT2D eigenvalue weighted by Gasteiger charge is 2.09. The standard InChI is InChI=1S/C9H6OS2/c10-6-8-5-7-3-1-2-4-9(7)12-11-8/h1-6H. The number of aldehydes is 1. The highest BCUT2D eigenvalue weighted by atomic mass is 33.1. The number of fused-ring (bicyclic) bond motifs is 1. The maximum atomic E-state index is 10.5. The number of rotatable bonds is 1. The van der Waals surface area contributed by atoms with E-state index in [1.54, 1.807) is 10.8 Å². The van der Waals surface area contributed by atoms with E-state index in [0.717, 1.165) is 16.8 Å². The van der Waals surface area contributed by atoms with Crippen LogP contribution in [0.25, 0.3) is 6.08 Å². The van der Waals surface area contributed by atoms with Crippen molar-refractivity contribution in [2.75, 3.05) is 0 Å². The summed E-state index contributed by atoms with van der Waals surface area (Å²) in [5, 5.41) is 0. The fourth-order valence-electron chi connectivity index (χ4n) is 1.000. The molecule has 2 rings (SSSR count). The summed E-state index contributed by atoms with van der Waals surface area (Å²) in [4.78, 5) is 12.5. The molecule has 0 fully saturated rings. The molecule has 1 aliphatic heterocycles. The Morgan fingerprint density at radius 2 is 2.00 bits per heavy atom. The van der Waals surface area contributed by atoms with Crippen LogP contribution < -0.4 is 0 Å². The van der Waals surface area contributed by atoms with E-state index in [9.17, 15) is 4.79 Å². The molecular formula is C9H6OS2. The summed E-state index contributed by atoms with van der Waals surface area (Å²) in [6.07, 6.45) is 2.82. The molecule has 12 heavy (non-hydrogen) atoms. The zero-order chi connectivity index (χ0) is 8.39. The summed E-state index contributed by atoms with van der Waals surface area (Å²) in [6, 6.07) is 8.07. The SMILES string of the molecule is O=CC1=Cc2ccccc2SS1. The van der Waals surface area contributed by atoms with Gasteiger partial charge in [-0.2, -0.15) is 0 Å². The Balaban J connectivity index is 2.47. The summed E-state index contributed by atoms with van der Waals surface area (Å²) in [5.74, 6) is 0. The average Bonchev–Trinajstić information content (AvgIpc) is 2.17. The van der Waals surface area contributed by atoms with Crippen LogP contribution in [-0.2, 0) is 4.79 Å². The van der Waals surface area contributed by atoms with Gasteiger partial charge >= 0.3 is 0 Å². The Bertz CT molecular complexity index is 344. The van der Waals surface area contributed by atoms with Crippen molar-refractivity contribution < 1.29 is 4.79 Å². The Morgan fingerprint density at radius 3 is 2.83 bits per heavy atom. The molecule has 1 aliphatic rings. The zero-order valence-electron chi connectivity index (χ0n) is 6.19. The molecular weight excluding hydrogens is 188 g/mol. The van der Waals surface area contributed by atoms with E-state index in [-0.39, 0.29) is 0 Å². The van der Waals surface area contributed by atoms with Crippen LogP contribution in [0.15, 0.2) is 34.1 Å². The monoisotopic (exact) mass is 194 g/mol. The third-order valence-corrected chi connectivity index (χ3v) is 3.97. The Kier molecular flexibility index (Phi) is 2.23. The first kappa shape index (κ1) is 7.95. The quantitative estimate of drug-likeness (QED) is 0.505. The molecule has 3 heteroatoms. The number of hydrogen-bond donors (Lipinski definition) is 0. The summed E-state index contributed by atoms with van der Waals surface area (Å²) >= 11 is 0. The first-order valence-electron chi connectivity index (χ1n) is 3.50. The average molecular weight is 194 g/mol. The van der Waals surface area contributed by atoms with Gasteiger partial charge in [0.1, 0.15) is 0 Å². The molecule has 0 atom stereocenters. The molecule has 1 heterocycles. The van der Waals surface area contributed by atoms with Crippen LogP contribution in [-0.4, -0.2) is 6.29 Å². The molecule has 1 aromatic rings. The van der Waals surface area contributed by atoms with Crippen molar-refractivity contribution in [1.29, 1.82) is 0 Å². The lowest BCUT2D eigenvalue weighted by molar-refractivity contribution is -0.104. The summed E-state index contributed by atoms with van der Waals surface area (Å²) < 4.78 is 0. The van der Waals surface area contributed by atoms with Gasteiger partial charge in [-0.05, 0) is 28.5 Å². The molecule has 0 radical (unpaired) electrons. The number of carbonyl (C=O) groups excluding carboxylic acids is 1. The van der Waals surface area contributed by atoms with Gasteiger partial charge in [-0.3, -0.25) is 4.79 Å². The number of benzene rings is 1. The summed E-state index contributed by atoms with van der Waals surface area (Å²) in [7, 11) is 3.15. The fraction of sp³-hybridized carbons (Fsp3) is 0. The Morgan fingerprint density at radius 1 is 1.17 bits per heavy atom. The van der Waals surface area contributed by atoms with E-state index in [1.165, 1.54) is 15.7 Å². The number of hydrogen-bond acceptors (Lipinski definition) is 3. The first-order chi connectivity index (χ1) is 5.90. The van der Waals surface area contributed by atoms with Gasteiger partial charge in [0, 0.05) is 4.90 Å². The van der Waals surface area contributed by atoms with Gasteiger partial charge in [0.15, 0.2) is 6.29 Å². The van der Waals surface area contributed by atoms with Gasteiger partial charge in [-0.25, -0.2) is 0 Å². The van der Waals surface area contributed by atoms with Crippen molar-refractivity contribution in [2.45, 2.75) is 4.90 Å². The van der Waals surface area contributed by atoms with Crippen LogP contribution >= 0.6 is 21.6 Å². The smallest absolute Gasteiger partial charge is 0.157 e. The fourth-order valence-corrected chi connectivity index (χ4v) is 3.03. The van der Waals surface area contributed by atoms with Crippen molar-refractivity contribution in [1.82, 2.24) is 0 Å². The minimum Gasteiger partial charge on any atom is -0.297 e. The summed E-state index contributed by atoms with van der Waals surface area (Å²) in [6.45, 7) is 0. The molecule has 1 aromatic carbocycles. The molecule has 0 saturated heterocycles. The lowest BCUT2D eigenvalue weighted by Gasteiger charge is -2.10. The van der Waals surface area contributed by atoms with Crippen molar-refractivity contribution in [3.05, 3.63) is 34.7 Å². The van der Waals surface area contributed by atoms with Crippen LogP contribution in [0.2, 0.25) is 0 Å². The lowest BCUT2D eigenvalue weighted by Crippen LogP contribution is -1.85. The van der Waals surface area contributed by atoms with E-state index < -0.39 is 0 Å². The van der Waals surface area contributed by atoms with Gasteiger partial charge in [0.25, 0.3) is 0 Å². The first-order valence-corrected chi connectivity index (χ1v) is 5.65. The number of allylic oxidation sites excluding steroid dienone is 1. The maximum absolute atomic E-state index is 10.5. The zero-order valence-corrected chi connectivity index (χ0v) is 7.82. The van der Waals surface area contributed by atoms with Crippen LogP contribution in [0, 0.1) is 0 Å². The molecule has 0 aliphatic carbocycles. The molecule has 1 nitrogen and oxygen atoms in total. The highest BCUT2D eigenvalue weighted by Crippen LogP contribution is 2.43. The van der Waals surface area contributed by atoms with Gasteiger partial charge in [-0.1, -0.05) is 29.0 Å². The molecule has 0 saturated carbocycles. The van der Waals surface area contributed by atoms with Crippen LogP contribution in [0.1, 0.15) is 5.56 Å². The van der Waals surface area contributed by atoms with E-state index in [0.29, 0.717) is 0 Å². The van der Waals surface area contributed by atoms with Crippen molar-refractivity contribution >= 4 is 33.9 Å². The van der Waals surface area contributed by atoms with E-state index >= 15 is 0 Å². The predicted octanol–water partition coefficient (Wildman–Crippen LogP) is 2.98. The van der Waals surface area contributed by atoms with Crippen LogP contribution in [0.5, 0.6) is 0 Å². The minimum absolute atomic E-state index is 0.790. The largest absolute Gasteiger partial charge is 0.297 e. The van der Waals surface area contributed by atoms with Crippen LogP contribution in [0.3, 0.4) is 0 Å². The number of carbonyl (C=O) groups is 1. The third-order valence-electron chi connectivity index (χ3n) is 1.56. The van der Waals surface area contributed by atoms with Crippen molar-refractivity contribution in [2.24, 2.45) is 0 Å². The van der Waals surface area contributed by atoms with E-state index in [2.05, 4.69) is 6.07 Å². The molecule has 0 aromatic heterocycles. The molecule has 0 unspecified atom stereocenters. The minimum atomic E-state index is 0.790. The van der Waals surface area contributed by atoms with Crippen molar-refractivity contribution in [3.8, 4) is 0 Å². The highest BCUT2D eigenvalue weighted by molar-refractivity contribution is 8.78. The topological polar surface area (TPSA) is 17.1 Å². The lowest BCUT2D eigenvalue weighted by atomic mass is 10.2. The Labute approximate surface area is 78.6 Å². The third kappa shape index (κ3) is 1.42. The normalized spacial score (nSPS) is 14.8. The second-order valence-corrected chi connectivity index (χ2v) is 4.61. The second kappa shape index (κ2) is 3.37. The van der Waals surface area contributed by atoms with Gasteiger partial charge < -0.3 is 0 Å². The summed E-state index contributed by atoms with van der Waals surface area (Å²) in [5.41, 5.74) is 1.14. The Hall–Kier alpha value is -0.670. The van der Waals surface area contributed by atoms with E-state index in [1.807, 2.05) is 24.3 Å². The van der Waals surface area contributed by atoms with Crippen LogP contribution in [0.4, 0.5) is 0 Å². The predicted molar refractivity (Wildman–Crippen MR) is 53.9 cm³/mol. The maximum Gasteiger partial charge on any atom is 0.157 e. The van der Waals surface area contributed by atoms with Gasteiger partial charge in [0.05, 0.1) is 4.91 Å². The molecule has 0 bridgehead atoms. The van der Waals surface area contributed by atoms with Crippen molar-refractivity contribution in [3.63, 3.8) is 0 Å². The molecule has 0 amide bonds. The molecule has 0 spiro atoms. The van der Waals surface area contributed by atoms with E-state index in [4.69, 9.17) is 0 Å². The van der Waals surface area contributed by atoms with Gasteiger partial charge in [-0.15, -0.1) is 0 Å². The van der Waals surface area contributed by atoms with Gasteiger partial charge in [0.2, 0.25) is 0 Å².